The molecule has 1 amide bonds. The van der Waals surface area contributed by atoms with E-state index < -0.39 is 11.7 Å². The molecule has 3 rings (SSSR count). The van der Waals surface area contributed by atoms with Crippen molar-refractivity contribution in [3.63, 3.8) is 0 Å². The van der Waals surface area contributed by atoms with Crippen molar-refractivity contribution in [2.75, 3.05) is 37.7 Å². The zero-order valence-electron chi connectivity index (χ0n) is 14.6. The van der Waals surface area contributed by atoms with Gasteiger partial charge in [-0.15, -0.1) is 0 Å². The number of anilines is 1. The minimum absolute atomic E-state index is 0.253. The molecule has 144 valence electrons. The normalized spacial score (nSPS) is 14.9. The molecule has 8 heteroatoms. The van der Waals surface area contributed by atoms with Gasteiger partial charge in [0.15, 0.2) is 0 Å². The van der Waals surface area contributed by atoms with Crippen molar-refractivity contribution in [1.29, 1.82) is 0 Å². The molecule has 0 unspecified atom stereocenters. The molecule has 1 aliphatic rings. The first-order valence-corrected chi connectivity index (χ1v) is 8.67. The molecule has 0 saturated carbocycles. The lowest BCUT2D eigenvalue weighted by Gasteiger charge is -2.29. The van der Waals surface area contributed by atoms with E-state index in [0.717, 1.165) is 17.7 Å². The molecule has 5 nitrogen and oxygen atoms in total. The number of benzene rings is 1. The summed E-state index contributed by atoms with van der Waals surface area (Å²) in [6.07, 6.45) is -2.26. The topological polar surface area (TPSA) is 54.5 Å². The standard InChI is InChI=1S/C19H20F3N3O2/c20-19(21,22)15-5-3-14(4-6-15)7-9-24-18(26)16-2-1-8-23-17(16)25-10-12-27-13-11-25/h1-6,8H,7,9-13H2,(H,24,26). The summed E-state index contributed by atoms with van der Waals surface area (Å²) in [7, 11) is 0. The number of nitrogens with zero attached hydrogens (tertiary/aromatic N) is 2. The lowest BCUT2D eigenvalue weighted by molar-refractivity contribution is -0.137. The molecule has 2 aromatic rings. The third-order valence-corrected chi connectivity index (χ3v) is 4.32. The molecular formula is C19H20F3N3O2. The first-order chi connectivity index (χ1) is 12.9. The molecule has 1 fully saturated rings. The number of nitrogens with one attached hydrogen (secondary N) is 1. The summed E-state index contributed by atoms with van der Waals surface area (Å²) in [4.78, 5) is 18.9. The molecule has 0 aliphatic carbocycles. The summed E-state index contributed by atoms with van der Waals surface area (Å²) in [5.74, 6) is 0.365. The molecule has 2 heterocycles. The highest BCUT2D eigenvalue weighted by Crippen LogP contribution is 2.29. The number of halogens is 3. The molecule has 1 aromatic carbocycles. The van der Waals surface area contributed by atoms with Crippen LogP contribution < -0.4 is 10.2 Å². The van der Waals surface area contributed by atoms with Gasteiger partial charge in [-0.25, -0.2) is 4.98 Å². The Labute approximate surface area is 155 Å². The maximum atomic E-state index is 12.6. The van der Waals surface area contributed by atoms with Crippen molar-refractivity contribution in [1.82, 2.24) is 10.3 Å². The van der Waals surface area contributed by atoms with Gasteiger partial charge in [0, 0.05) is 25.8 Å². The van der Waals surface area contributed by atoms with Gasteiger partial charge >= 0.3 is 6.18 Å². The van der Waals surface area contributed by atoms with E-state index in [4.69, 9.17) is 4.74 Å². The predicted octanol–water partition coefficient (Wildman–Crippen LogP) is 2.91. The first-order valence-electron chi connectivity index (χ1n) is 8.67. The second-order valence-corrected chi connectivity index (χ2v) is 6.17. The smallest absolute Gasteiger partial charge is 0.378 e. The van der Waals surface area contributed by atoms with Gasteiger partial charge in [0.05, 0.1) is 24.3 Å². The summed E-state index contributed by atoms with van der Waals surface area (Å²) in [5, 5.41) is 2.81. The predicted molar refractivity (Wildman–Crippen MR) is 94.8 cm³/mol. The molecule has 0 radical (unpaired) electrons. The number of amides is 1. The van der Waals surface area contributed by atoms with E-state index >= 15 is 0 Å². The maximum Gasteiger partial charge on any atom is 0.416 e. The summed E-state index contributed by atoms with van der Waals surface area (Å²) in [6.45, 7) is 2.84. The first kappa shape index (κ1) is 19.2. The van der Waals surface area contributed by atoms with Crippen LogP contribution in [0, 0.1) is 0 Å². The van der Waals surface area contributed by atoms with Gasteiger partial charge in [-0.2, -0.15) is 13.2 Å². The quantitative estimate of drug-likeness (QED) is 0.868. The highest BCUT2D eigenvalue weighted by atomic mass is 19.4. The van der Waals surface area contributed by atoms with Crippen LogP contribution in [-0.4, -0.2) is 43.7 Å². The van der Waals surface area contributed by atoms with E-state index in [1.54, 1.807) is 18.3 Å². The molecule has 1 aromatic heterocycles. The minimum atomic E-state index is -4.34. The van der Waals surface area contributed by atoms with Crippen LogP contribution in [0.2, 0.25) is 0 Å². The molecular weight excluding hydrogens is 359 g/mol. The Morgan fingerprint density at radius 3 is 2.52 bits per heavy atom. The molecule has 0 atom stereocenters. The molecule has 0 bridgehead atoms. The maximum absolute atomic E-state index is 12.6. The second-order valence-electron chi connectivity index (χ2n) is 6.17. The third-order valence-electron chi connectivity index (χ3n) is 4.32. The largest absolute Gasteiger partial charge is 0.416 e. The number of hydrogen-bond donors (Lipinski definition) is 1. The molecule has 27 heavy (non-hydrogen) atoms. The SMILES string of the molecule is O=C(NCCc1ccc(C(F)(F)F)cc1)c1cccnc1N1CCOCC1. The zero-order valence-corrected chi connectivity index (χ0v) is 14.6. The van der Waals surface area contributed by atoms with E-state index in [1.165, 1.54) is 12.1 Å². The van der Waals surface area contributed by atoms with Crippen LogP contribution in [0.5, 0.6) is 0 Å². The molecule has 1 aliphatic heterocycles. The molecule has 1 saturated heterocycles. The average molecular weight is 379 g/mol. The van der Waals surface area contributed by atoms with E-state index in [0.29, 0.717) is 50.7 Å². The molecule has 1 N–H and O–H groups in total. The van der Waals surface area contributed by atoms with Crippen LogP contribution in [0.3, 0.4) is 0 Å². The second kappa shape index (κ2) is 8.39. The lowest BCUT2D eigenvalue weighted by atomic mass is 10.1. The van der Waals surface area contributed by atoms with Crippen LogP contribution in [0.1, 0.15) is 21.5 Å². The fourth-order valence-electron chi connectivity index (χ4n) is 2.88. The van der Waals surface area contributed by atoms with Gasteiger partial charge in [-0.3, -0.25) is 4.79 Å². The van der Waals surface area contributed by atoms with Crippen molar-refractivity contribution in [2.45, 2.75) is 12.6 Å². The van der Waals surface area contributed by atoms with E-state index in [9.17, 15) is 18.0 Å². The van der Waals surface area contributed by atoms with Crippen molar-refractivity contribution in [2.24, 2.45) is 0 Å². The Bertz CT molecular complexity index is 773. The number of pyridine rings is 1. The Morgan fingerprint density at radius 1 is 1.15 bits per heavy atom. The van der Waals surface area contributed by atoms with Crippen LogP contribution in [0.15, 0.2) is 42.6 Å². The van der Waals surface area contributed by atoms with Gasteiger partial charge in [0.2, 0.25) is 0 Å². The van der Waals surface area contributed by atoms with E-state index in [1.807, 2.05) is 4.90 Å². The van der Waals surface area contributed by atoms with Gasteiger partial charge in [0.1, 0.15) is 5.82 Å². The number of carbonyl (C=O) groups excluding carboxylic acids is 1. The van der Waals surface area contributed by atoms with Gasteiger partial charge in [0.25, 0.3) is 5.91 Å². The third kappa shape index (κ3) is 4.97. The van der Waals surface area contributed by atoms with Crippen molar-refractivity contribution in [3.8, 4) is 0 Å². The number of morpholine rings is 1. The number of aromatic nitrogens is 1. The number of alkyl halides is 3. The van der Waals surface area contributed by atoms with Gasteiger partial charge in [-0.1, -0.05) is 12.1 Å². The lowest BCUT2D eigenvalue weighted by Crippen LogP contribution is -2.38. The highest BCUT2D eigenvalue weighted by Gasteiger charge is 2.29. The Kier molecular flexibility index (Phi) is 5.95. The van der Waals surface area contributed by atoms with E-state index in [2.05, 4.69) is 10.3 Å². The number of hydrogen-bond acceptors (Lipinski definition) is 4. The number of rotatable bonds is 5. The van der Waals surface area contributed by atoms with Gasteiger partial charge in [-0.05, 0) is 36.2 Å². The minimum Gasteiger partial charge on any atom is -0.378 e. The van der Waals surface area contributed by atoms with E-state index in [-0.39, 0.29) is 5.91 Å². The zero-order chi connectivity index (χ0) is 19.3. The summed E-state index contributed by atoms with van der Waals surface area (Å²) < 4.78 is 43.1. The summed E-state index contributed by atoms with van der Waals surface area (Å²) >= 11 is 0. The Balaban J connectivity index is 1.58. The van der Waals surface area contributed by atoms with Crippen LogP contribution in [0.4, 0.5) is 19.0 Å². The summed E-state index contributed by atoms with van der Waals surface area (Å²) in [5.41, 5.74) is 0.524. The number of ether oxygens (including phenoxy) is 1. The van der Waals surface area contributed by atoms with Crippen molar-refractivity contribution >= 4 is 11.7 Å². The highest BCUT2D eigenvalue weighted by molar-refractivity contribution is 5.98. The van der Waals surface area contributed by atoms with Crippen LogP contribution >= 0.6 is 0 Å². The van der Waals surface area contributed by atoms with Crippen LogP contribution in [0.25, 0.3) is 0 Å². The average Bonchev–Trinajstić information content (AvgIpc) is 2.68. The van der Waals surface area contributed by atoms with Crippen LogP contribution in [-0.2, 0) is 17.3 Å². The summed E-state index contributed by atoms with van der Waals surface area (Å²) in [6, 6.07) is 8.38. The Hall–Kier alpha value is -2.61. The molecule has 0 spiro atoms. The fraction of sp³-hybridized carbons (Fsp3) is 0.368. The Morgan fingerprint density at radius 2 is 1.85 bits per heavy atom. The monoisotopic (exact) mass is 379 g/mol. The van der Waals surface area contributed by atoms with Crippen molar-refractivity contribution in [3.05, 3.63) is 59.3 Å². The van der Waals surface area contributed by atoms with Crippen molar-refractivity contribution < 1.29 is 22.7 Å². The number of carbonyl (C=O) groups is 1. The van der Waals surface area contributed by atoms with Gasteiger partial charge < -0.3 is 15.0 Å². The fourth-order valence-corrected chi connectivity index (χ4v) is 2.88.